The lowest BCUT2D eigenvalue weighted by atomic mass is 10.2. The van der Waals surface area contributed by atoms with Crippen molar-refractivity contribution in [1.29, 1.82) is 0 Å². The molecule has 0 amide bonds. The average molecular weight is 267 g/mol. The van der Waals surface area contributed by atoms with Gasteiger partial charge in [0.05, 0.1) is 0 Å². The van der Waals surface area contributed by atoms with Crippen LogP contribution in [-0.4, -0.2) is 21.8 Å². The number of hydrogen-bond acceptors (Lipinski definition) is 4. The van der Waals surface area contributed by atoms with Crippen molar-refractivity contribution in [1.82, 2.24) is 9.97 Å². The maximum atomic E-state index is 4.64. The third-order valence-electron chi connectivity index (χ3n) is 2.69. The Balaban J connectivity index is 2.90. The molecule has 0 aliphatic rings. The summed E-state index contributed by atoms with van der Waals surface area (Å²) in [6.45, 7) is 11.8. The van der Waals surface area contributed by atoms with E-state index in [4.69, 9.17) is 0 Å². The van der Waals surface area contributed by atoms with Gasteiger partial charge in [0.15, 0.2) is 0 Å². The molecule has 18 heavy (non-hydrogen) atoms. The zero-order chi connectivity index (χ0) is 13.5. The maximum Gasteiger partial charge on any atom is 0.134 e. The Morgan fingerprint density at radius 3 is 2.50 bits per heavy atom. The van der Waals surface area contributed by atoms with Crippen LogP contribution in [0.25, 0.3) is 0 Å². The Morgan fingerprint density at radius 2 is 1.94 bits per heavy atom. The lowest BCUT2D eigenvalue weighted by molar-refractivity contribution is 0.751. The molecule has 1 unspecified atom stereocenters. The van der Waals surface area contributed by atoms with Gasteiger partial charge in [0.1, 0.15) is 16.7 Å². The van der Waals surface area contributed by atoms with Gasteiger partial charge in [0, 0.05) is 23.8 Å². The van der Waals surface area contributed by atoms with E-state index in [1.54, 1.807) is 0 Å². The van der Waals surface area contributed by atoms with E-state index in [9.17, 15) is 0 Å². The van der Waals surface area contributed by atoms with Gasteiger partial charge in [0.2, 0.25) is 0 Å². The first-order valence-corrected chi connectivity index (χ1v) is 7.74. The summed E-state index contributed by atoms with van der Waals surface area (Å²) in [4.78, 5) is 9.21. The molecule has 3 nitrogen and oxygen atoms in total. The Bertz CT molecular complexity index is 366. The van der Waals surface area contributed by atoms with Crippen LogP contribution in [0.1, 0.15) is 59.2 Å². The summed E-state index contributed by atoms with van der Waals surface area (Å²) in [5.74, 6) is 2.26. The number of anilines is 1. The lowest BCUT2D eigenvalue weighted by Crippen LogP contribution is -2.07. The smallest absolute Gasteiger partial charge is 0.134 e. The molecule has 1 aromatic heterocycles. The molecule has 0 fully saturated rings. The Morgan fingerprint density at radius 1 is 1.22 bits per heavy atom. The highest BCUT2D eigenvalue weighted by Gasteiger charge is 2.10. The average Bonchev–Trinajstić information content (AvgIpc) is 2.35. The van der Waals surface area contributed by atoms with Crippen molar-refractivity contribution < 1.29 is 0 Å². The maximum absolute atomic E-state index is 4.64. The molecule has 102 valence electrons. The van der Waals surface area contributed by atoms with Crippen LogP contribution in [0.5, 0.6) is 0 Å². The van der Waals surface area contributed by atoms with Gasteiger partial charge < -0.3 is 5.32 Å². The quantitative estimate of drug-likeness (QED) is 0.590. The highest BCUT2D eigenvalue weighted by molar-refractivity contribution is 7.99. The first kappa shape index (κ1) is 15.3. The van der Waals surface area contributed by atoms with Crippen molar-refractivity contribution in [2.24, 2.45) is 0 Å². The SMILES string of the molecule is CCCNc1cc(SC(C)CC)nc(C(C)C)n1. The van der Waals surface area contributed by atoms with Gasteiger partial charge in [-0.05, 0) is 12.8 Å². The van der Waals surface area contributed by atoms with Crippen molar-refractivity contribution in [3.05, 3.63) is 11.9 Å². The van der Waals surface area contributed by atoms with E-state index in [2.05, 4.69) is 56.0 Å². The summed E-state index contributed by atoms with van der Waals surface area (Å²) in [6.07, 6.45) is 2.26. The van der Waals surface area contributed by atoms with Crippen molar-refractivity contribution in [3.8, 4) is 0 Å². The van der Waals surface area contributed by atoms with Crippen LogP contribution < -0.4 is 5.32 Å². The molecule has 1 atom stereocenters. The molecule has 0 spiro atoms. The van der Waals surface area contributed by atoms with Gasteiger partial charge in [-0.1, -0.05) is 34.6 Å². The minimum absolute atomic E-state index is 0.365. The largest absolute Gasteiger partial charge is 0.370 e. The van der Waals surface area contributed by atoms with Crippen LogP contribution >= 0.6 is 11.8 Å². The second kappa shape index (κ2) is 7.62. The zero-order valence-corrected chi connectivity index (χ0v) is 13.0. The third kappa shape index (κ3) is 4.84. The van der Waals surface area contributed by atoms with Crippen LogP contribution in [0.15, 0.2) is 11.1 Å². The minimum atomic E-state index is 0.365. The minimum Gasteiger partial charge on any atom is -0.370 e. The van der Waals surface area contributed by atoms with E-state index in [0.29, 0.717) is 11.2 Å². The predicted molar refractivity (Wildman–Crippen MR) is 80.5 cm³/mol. The summed E-state index contributed by atoms with van der Waals surface area (Å²) in [6, 6.07) is 2.07. The standard InChI is InChI=1S/C14H25N3S/c1-6-8-15-12-9-13(18-11(5)7-2)17-14(16-12)10(3)4/h9-11H,6-8H2,1-5H3,(H,15,16,17). The second-order valence-electron chi connectivity index (χ2n) is 4.87. The third-order valence-corrected chi connectivity index (χ3v) is 3.88. The summed E-state index contributed by atoms with van der Waals surface area (Å²) < 4.78 is 0. The number of rotatable bonds is 7. The van der Waals surface area contributed by atoms with Gasteiger partial charge >= 0.3 is 0 Å². The van der Waals surface area contributed by atoms with Crippen molar-refractivity contribution in [3.63, 3.8) is 0 Å². The second-order valence-corrected chi connectivity index (χ2v) is 6.33. The molecule has 0 radical (unpaired) electrons. The van der Waals surface area contributed by atoms with Crippen LogP contribution in [0.3, 0.4) is 0 Å². The fraction of sp³-hybridized carbons (Fsp3) is 0.714. The van der Waals surface area contributed by atoms with Crippen LogP contribution in [0, 0.1) is 0 Å². The number of thioether (sulfide) groups is 1. The molecule has 1 rings (SSSR count). The number of nitrogens with one attached hydrogen (secondary N) is 1. The fourth-order valence-electron chi connectivity index (χ4n) is 1.39. The van der Waals surface area contributed by atoms with E-state index in [-0.39, 0.29) is 0 Å². The molecule has 0 aliphatic carbocycles. The van der Waals surface area contributed by atoms with Gasteiger partial charge in [0.25, 0.3) is 0 Å². The molecule has 0 aromatic carbocycles. The first-order chi connectivity index (χ1) is 8.56. The van der Waals surface area contributed by atoms with E-state index >= 15 is 0 Å². The van der Waals surface area contributed by atoms with Gasteiger partial charge in [-0.2, -0.15) is 0 Å². The Kier molecular flexibility index (Phi) is 6.47. The van der Waals surface area contributed by atoms with Gasteiger partial charge in [-0.15, -0.1) is 11.8 Å². The number of nitrogens with zero attached hydrogens (tertiary/aromatic N) is 2. The van der Waals surface area contributed by atoms with Crippen LogP contribution in [-0.2, 0) is 0 Å². The van der Waals surface area contributed by atoms with E-state index in [0.717, 1.165) is 36.1 Å². The lowest BCUT2D eigenvalue weighted by Gasteiger charge is -2.13. The summed E-state index contributed by atoms with van der Waals surface area (Å²) in [5.41, 5.74) is 0. The highest BCUT2D eigenvalue weighted by atomic mass is 32.2. The predicted octanol–water partition coefficient (Wildman–Crippen LogP) is 4.31. The fourth-order valence-corrected chi connectivity index (χ4v) is 2.30. The van der Waals surface area contributed by atoms with E-state index in [1.165, 1.54) is 0 Å². The Hall–Kier alpha value is -0.770. The molecule has 0 bridgehead atoms. The molecule has 4 heteroatoms. The van der Waals surface area contributed by atoms with Crippen LogP contribution in [0.4, 0.5) is 5.82 Å². The molecule has 1 N–H and O–H groups in total. The summed E-state index contributed by atoms with van der Waals surface area (Å²) in [5, 5.41) is 5.04. The molecule has 0 saturated heterocycles. The Labute approximate surface area is 115 Å². The molecule has 1 heterocycles. The highest BCUT2D eigenvalue weighted by Crippen LogP contribution is 2.26. The summed E-state index contributed by atoms with van der Waals surface area (Å²) >= 11 is 1.83. The molecular formula is C14H25N3S. The first-order valence-electron chi connectivity index (χ1n) is 6.86. The number of hydrogen-bond donors (Lipinski definition) is 1. The molecular weight excluding hydrogens is 242 g/mol. The molecule has 0 saturated carbocycles. The van der Waals surface area contributed by atoms with Gasteiger partial charge in [-0.3, -0.25) is 0 Å². The van der Waals surface area contributed by atoms with Crippen LogP contribution in [0.2, 0.25) is 0 Å². The number of aromatic nitrogens is 2. The van der Waals surface area contributed by atoms with Crippen molar-refractivity contribution in [2.75, 3.05) is 11.9 Å². The van der Waals surface area contributed by atoms with Gasteiger partial charge in [-0.25, -0.2) is 9.97 Å². The molecule has 0 aliphatic heterocycles. The van der Waals surface area contributed by atoms with Crippen molar-refractivity contribution in [2.45, 2.75) is 63.7 Å². The summed E-state index contributed by atoms with van der Waals surface area (Å²) in [7, 11) is 0. The van der Waals surface area contributed by atoms with Crippen molar-refractivity contribution >= 4 is 17.6 Å². The monoisotopic (exact) mass is 267 g/mol. The normalized spacial score (nSPS) is 12.8. The molecule has 1 aromatic rings. The van der Waals surface area contributed by atoms with E-state index in [1.807, 2.05) is 11.8 Å². The zero-order valence-electron chi connectivity index (χ0n) is 12.2. The topological polar surface area (TPSA) is 37.8 Å². The van der Waals surface area contributed by atoms with E-state index < -0.39 is 0 Å².